The maximum atomic E-state index is 13.5. The topological polar surface area (TPSA) is 79.5 Å². The zero-order valence-corrected chi connectivity index (χ0v) is 17.8. The Kier molecular flexibility index (Phi) is 4.99. The fourth-order valence-corrected chi connectivity index (χ4v) is 4.57. The Balaban J connectivity index is 1.43. The first-order chi connectivity index (χ1) is 15.1. The maximum absolute atomic E-state index is 13.5. The predicted molar refractivity (Wildman–Crippen MR) is 118 cm³/mol. The van der Waals surface area contributed by atoms with E-state index in [1.165, 1.54) is 11.3 Å². The third-order valence-electron chi connectivity index (χ3n) is 5.44. The van der Waals surface area contributed by atoms with Crippen LogP contribution in [0.4, 0.5) is 0 Å². The van der Waals surface area contributed by atoms with Crippen LogP contribution in [-0.4, -0.2) is 57.9 Å². The van der Waals surface area contributed by atoms with Gasteiger partial charge in [0.2, 0.25) is 0 Å². The molecular formula is C23H20N4O3S. The summed E-state index contributed by atoms with van der Waals surface area (Å²) in [6.45, 7) is 3.80. The van der Waals surface area contributed by atoms with Crippen molar-refractivity contribution >= 4 is 34.3 Å². The van der Waals surface area contributed by atoms with Crippen molar-refractivity contribution in [1.29, 1.82) is 0 Å². The Morgan fingerprint density at radius 3 is 2.35 bits per heavy atom. The van der Waals surface area contributed by atoms with E-state index in [9.17, 15) is 9.59 Å². The van der Waals surface area contributed by atoms with Crippen LogP contribution in [0, 0.1) is 6.92 Å². The number of thiophene rings is 1. The molecule has 8 heteroatoms. The van der Waals surface area contributed by atoms with Gasteiger partial charge in [-0.3, -0.25) is 9.59 Å². The minimum Gasteiger partial charge on any atom is -0.335 e. The van der Waals surface area contributed by atoms with Gasteiger partial charge in [-0.15, -0.1) is 11.3 Å². The molecule has 5 rings (SSSR count). The lowest BCUT2D eigenvalue weighted by Crippen LogP contribution is -2.50. The highest BCUT2D eigenvalue weighted by molar-refractivity contribution is 7.12. The van der Waals surface area contributed by atoms with Gasteiger partial charge in [0.05, 0.1) is 15.8 Å². The number of nitrogens with zero attached hydrogens (tertiary/aromatic N) is 4. The van der Waals surface area contributed by atoms with E-state index < -0.39 is 0 Å². The summed E-state index contributed by atoms with van der Waals surface area (Å²) >= 11 is 1.44. The Hall–Kier alpha value is -3.52. The normalized spacial score (nSPS) is 14.2. The van der Waals surface area contributed by atoms with Gasteiger partial charge in [-0.05, 0) is 24.4 Å². The lowest BCUT2D eigenvalue weighted by Gasteiger charge is -2.34. The second-order valence-electron chi connectivity index (χ2n) is 7.45. The molecule has 7 nitrogen and oxygen atoms in total. The van der Waals surface area contributed by atoms with Gasteiger partial charge in [-0.1, -0.05) is 41.6 Å². The largest absolute Gasteiger partial charge is 0.335 e. The van der Waals surface area contributed by atoms with Crippen LogP contribution in [-0.2, 0) is 0 Å². The molecule has 0 unspecified atom stereocenters. The Morgan fingerprint density at radius 2 is 1.68 bits per heavy atom. The fraction of sp³-hybridized carbons (Fsp3) is 0.217. The van der Waals surface area contributed by atoms with Gasteiger partial charge < -0.3 is 14.3 Å². The number of amides is 2. The number of hydrogen-bond donors (Lipinski definition) is 0. The number of carbonyl (C=O) groups excluding carboxylic acids is 2. The lowest BCUT2D eigenvalue weighted by molar-refractivity contribution is 0.0539. The molecule has 1 aliphatic heterocycles. The van der Waals surface area contributed by atoms with Crippen molar-refractivity contribution in [3.63, 3.8) is 0 Å². The molecule has 1 saturated heterocycles. The molecule has 2 amide bonds. The second-order valence-corrected chi connectivity index (χ2v) is 8.40. The molecule has 0 atom stereocenters. The molecule has 1 fully saturated rings. The highest BCUT2D eigenvalue weighted by Gasteiger charge is 2.29. The molecule has 0 aliphatic carbocycles. The van der Waals surface area contributed by atoms with E-state index >= 15 is 0 Å². The molecule has 4 aromatic rings. The smallest absolute Gasteiger partial charge is 0.264 e. The Labute approximate surface area is 182 Å². The molecule has 0 N–H and O–H groups in total. The molecule has 0 radical (unpaired) electrons. The van der Waals surface area contributed by atoms with Gasteiger partial charge in [0.1, 0.15) is 5.69 Å². The zero-order valence-electron chi connectivity index (χ0n) is 16.9. The van der Waals surface area contributed by atoms with Crippen LogP contribution in [0.1, 0.15) is 25.7 Å². The van der Waals surface area contributed by atoms with E-state index in [4.69, 9.17) is 4.52 Å². The molecule has 0 spiro atoms. The Bertz CT molecular complexity index is 1240. The number of hydrogen-bond acceptors (Lipinski definition) is 6. The number of aromatic nitrogens is 2. The summed E-state index contributed by atoms with van der Waals surface area (Å²) in [5, 5.41) is 6.72. The van der Waals surface area contributed by atoms with E-state index in [1.54, 1.807) is 15.9 Å². The van der Waals surface area contributed by atoms with E-state index in [2.05, 4.69) is 10.1 Å². The van der Waals surface area contributed by atoms with Crippen molar-refractivity contribution in [2.75, 3.05) is 26.2 Å². The number of piperazine rings is 1. The highest BCUT2D eigenvalue weighted by Crippen LogP contribution is 2.31. The van der Waals surface area contributed by atoms with Crippen molar-refractivity contribution < 1.29 is 14.1 Å². The number of carbonyl (C=O) groups is 2. The minimum absolute atomic E-state index is 0.0228. The molecule has 31 heavy (non-hydrogen) atoms. The van der Waals surface area contributed by atoms with E-state index in [-0.39, 0.29) is 11.8 Å². The van der Waals surface area contributed by atoms with Gasteiger partial charge in [-0.25, -0.2) is 4.98 Å². The van der Waals surface area contributed by atoms with Gasteiger partial charge in [0.15, 0.2) is 0 Å². The van der Waals surface area contributed by atoms with Gasteiger partial charge in [-0.2, -0.15) is 0 Å². The van der Waals surface area contributed by atoms with Crippen molar-refractivity contribution in [2.24, 2.45) is 0 Å². The summed E-state index contributed by atoms with van der Waals surface area (Å²) in [7, 11) is 0. The van der Waals surface area contributed by atoms with Gasteiger partial charge in [0, 0.05) is 37.4 Å². The third kappa shape index (κ3) is 3.59. The number of rotatable bonds is 3. The van der Waals surface area contributed by atoms with Crippen molar-refractivity contribution in [1.82, 2.24) is 19.9 Å². The van der Waals surface area contributed by atoms with Crippen LogP contribution in [0.15, 0.2) is 58.4 Å². The molecule has 0 bridgehead atoms. The molecule has 1 aromatic carbocycles. The quantitative estimate of drug-likeness (QED) is 0.491. The first kappa shape index (κ1) is 19.4. The molecule has 4 heterocycles. The first-order valence-corrected chi connectivity index (χ1v) is 10.9. The monoisotopic (exact) mass is 432 g/mol. The van der Waals surface area contributed by atoms with Crippen LogP contribution in [0.2, 0.25) is 0 Å². The minimum atomic E-state index is -0.0981. The molecule has 156 valence electrons. The van der Waals surface area contributed by atoms with Crippen LogP contribution >= 0.6 is 11.3 Å². The van der Waals surface area contributed by atoms with Crippen LogP contribution in [0.25, 0.3) is 22.4 Å². The van der Waals surface area contributed by atoms with Crippen LogP contribution in [0.5, 0.6) is 0 Å². The summed E-state index contributed by atoms with van der Waals surface area (Å²) in [6, 6.07) is 15.1. The first-order valence-electron chi connectivity index (χ1n) is 10.1. The average Bonchev–Trinajstić information content (AvgIpc) is 3.48. The fourth-order valence-electron chi connectivity index (χ4n) is 3.87. The van der Waals surface area contributed by atoms with Crippen LogP contribution < -0.4 is 0 Å². The molecule has 0 saturated carbocycles. The molecular weight excluding hydrogens is 412 g/mol. The number of pyridine rings is 1. The standard InChI is InChI=1S/C23H20N4O3S/c1-15-14-17(19-20(25-30-21(19)24-15)16-6-3-2-4-7-16)22(28)26-9-11-27(12-10-26)23(29)18-8-5-13-31-18/h2-8,13-14H,9-12H2,1H3. The van der Waals surface area contributed by atoms with Gasteiger partial charge in [0.25, 0.3) is 17.5 Å². The average molecular weight is 433 g/mol. The summed E-state index contributed by atoms with van der Waals surface area (Å²) in [5.41, 5.74) is 3.05. The highest BCUT2D eigenvalue weighted by atomic mass is 32.1. The predicted octanol–water partition coefficient (Wildman–Crippen LogP) is 3.86. The summed E-state index contributed by atoms with van der Waals surface area (Å²) < 4.78 is 5.47. The van der Waals surface area contributed by atoms with Crippen molar-refractivity contribution in [3.8, 4) is 11.3 Å². The third-order valence-corrected chi connectivity index (χ3v) is 6.30. The summed E-state index contributed by atoms with van der Waals surface area (Å²) in [6.07, 6.45) is 0. The number of fused-ring (bicyclic) bond motifs is 1. The maximum Gasteiger partial charge on any atom is 0.264 e. The number of aryl methyl sites for hydroxylation is 1. The SMILES string of the molecule is Cc1cc(C(=O)N2CCN(C(=O)c3cccs3)CC2)c2c(-c3ccccc3)noc2n1. The van der Waals surface area contributed by atoms with E-state index in [1.807, 2.05) is 54.8 Å². The Morgan fingerprint density at radius 1 is 0.968 bits per heavy atom. The summed E-state index contributed by atoms with van der Waals surface area (Å²) in [4.78, 5) is 34.8. The molecule has 3 aromatic heterocycles. The number of benzene rings is 1. The second kappa shape index (κ2) is 7.96. The lowest BCUT2D eigenvalue weighted by atomic mass is 10.0. The van der Waals surface area contributed by atoms with E-state index in [0.717, 1.165) is 10.4 Å². The summed E-state index contributed by atoms with van der Waals surface area (Å²) in [5.74, 6) is -0.0752. The van der Waals surface area contributed by atoms with Crippen molar-refractivity contribution in [2.45, 2.75) is 6.92 Å². The zero-order chi connectivity index (χ0) is 21.4. The van der Waals surface area contributed by atoms with Crippen molar-refractivity contribution in [3.05, 3.63) is 70.0 Å². The van der Waals surface area contributed by atoms with Gasteiger partial charge >= 0.3 is 0 Å². The molecule has 1 aliphatic rings. The van der Waals surface area contributed by atoms with Crippen LogP contribution in [0.3, 0.4) is 0 Å². The van der Waals surface area contributed by atoms with E-state index in [0.29, 0.717) is 54.2 Å².